The summed E-state index contributed by atoms with van der Waals surface area (Å²) in [6.45, 7) is 1.45. The molecule has 2 rings (SSSR count). The highest BCUT2D eigenvalue weighted by Crippen LogP contribution is 2.25. The molecule has 9 nitrogen and oxygen atoms in total. The van der Waals surface area contributed by atoms with E-state index in [1.165, 1.54) is 43.4 Å². The summed E-state index contributed by atoms with van der Waals surface area (Å²) in [7, 11) is -2.46. The summed E-state index contributed by atoms with van der Waals surface area (Å²) in [6.07, 6.45) is 0. The van der Waals surface area contributed by atoms with Crippen molar-refractivity contribution in [2.75, 3.05) is 18.4 Å². The second-order valence-electron chi connectivity index (χ2n) is 5.30. The van der Waals surface area contributed by atoms with Crippen molar-refractivity contribution in [3.63, 3.8) is 0 Å². The van der Waals surface area contributed by atoms with E-state index in [4.69, 9.17) is 4.74 Å². The molecule has 1 amide bonds. The molecule has 0 aliphatic rings. The van der Waals surface area contributed by atoms with E-state index in [0.29, 0.717) is 11.3 Å². The summed E-state index contributed by atoms with van der Waals surface area (Å²) in [5.41, 5.74) is 0.454. The average Bonchev–Trinajstić information content (AvgIpc) is 2.61. The van der Waals surface area contributed by atoms with Gasteiger partial charge < -0.3 is 10.1 Å². The number of nitrogens with one attached hydrogen (secondary N) is 2. The molecule has 2 aromatic rings. The van der Waals surface area contributed by atoms with E-state index in [0.717, 1.165) is 6.07 Å². The number of benzene rings is 2. The molecule has 26 heavy (non-hydrogen) atoms. The quantitative estimate of drug-likeness (QED) is 0.558. The minimum Gasteiger partial charge on any atom is -0.484 e. The summed E-state index contributed by atoms with van der Waals surface area (Å²) in [5, 5.41) is 13.3. The average molecular weight is 379 g/mol. The molecular formula is C16H17N3O6S. The molecule has 0 saturated heterocycles. The Morgan fingerprint density at radius 2 is 1.85 bits per heavy atom. The zero-order chi connectivity index (χ0) is 19.3. The van der Waals surface area contributed by atoms with E-state index in [2.05, 4.69) is 10.0 Å². The number of sulfonamides is 1. The number of nitro benzene ring substituents is 1. The Hall–Kier alpha value is -3.14. The number of ether oxygens (including phenoxy) is 1. The van der Waals surface area contributed by atoms with Crippen molar-refractivity contribution in [2.45, 2.75) is 11.8 Å². The molecule has 0 unspecified atom stereocenters. The van der Waals surface area contributed by atoms with Crippen molar-refractivity contribution >= 4 is 27.3 Å². The SMILES string of the molecule is CNC(=O)COc1ccc(S(=O)(=O)Nc2cc([N+](=O)[O-])ccc2C)cc1. The number of carbonyl (C=O) groups is 1. The molecule has 0 radical (unpaired) electrons. The van der Waals surface area contributed by atoms with E-state index in [-0.39, 0.29) is 28.8 Å². The number of rotatable bonds is 7. The number of nitro groups is 1. The summed E-state index contributed by atoms with van der Waals surface area (Å²) in [4.78, 5) is 21.3. The van der Waals surface area contributed by atoms with E-state index in [1.54, 1.807) is 6.92 Å². The molecule has 138 valence electrons. The Morgan fingerprint density at radius 1 is 1.19 bits per heavy atom. The third kappa shape index (κ3) is 4.70. The molecule has 10 heteroatoms. The van der Waals surface area contributed by atoms with E-state index in [1.807, 2.05) is 0 Å². The largest absolute Gasteiger partial charge is 0.484 e. The van der Waals surface area contributed by atoms with Crippen molar-refractivity contribution in [3.8, 4) is 5.75 Å². The molecular weight excluding hydrogens is 362 g/mol. The van der Waals surface area contributed by atoms with Gasteiger partial charge in [-0.05, 0) is 36.8 Å². The van der Waals surface area contributed by atoms with E-state index in [9.17, 15) is 23.3 Å². The topological polar surface area (TPSA) is 128 Å². The van der Waals surface area contributed by atoms with Gasteiger partial charge in [-0.25, -0.2) is 8.42 Å². The molecule has 2 N–H and O–H groups in total. The standard InChI is InChI=1S/C16H17N3O6S/c1-11-3-4-12(19(21)22)9-15(11)18-26(23,24)14-7-5-13(6-8-14)25-10-16(20)17-2/h3-9,18H,10H2,1-2H3,(H,17,20). The van der Waals surface area contributed by atoms with Crippen LogP contribution in [0, 0.1) is 17.0 Å². The number of amides is 1. The second kappa shape index (κ2) is 7.83. The van der Waals surface area contributed by atoms with Gasteiger partial charge in [0.25, 0.3) is 21.6 Å². The normalized spacial score (nSPS) is 10.8. The number of hydrogen-bond donors (Lipinski definition) is 2. The van der Waals surface area contributed by atoms with Crippen LogP contribution in [-0.2, 0) is 14.8 Å². The molecule has 0 aromatic heterocycles. The first-order chi connectivity index (χ1) is 12.2. The van der Waals surface area contributed by atoms with Gasteiger partial charge in [0.15, 0.2) is 6.61 Å². The molecule has 0 saturated carbocycles. The molecule has 0 heterocycles. The maximum Gasteiger partial charge on any atom is 0.271 e. The molecule has 2 aromatic carbocycles. The van der Waals surface area contributed by atoms with Crippen LogP contribution in [0.1, 0.15) is 5.56 Å². The van der Waals surface area contributed by atoms with Gasteiger partial charge >= 0.3 is 0 Å². The highest BCUT2D eigenvalue weighted by atomic mass is 32.2. The lowest BCUT2D eigenvalue weighted by Gasteiger charge is -2.11. The van der Waals surface area contributed by atoms with Crippen molar-refractivity contribution in [1.29, 1.82) is 0 Å². The van der Waals surface area contributed by atoms with Crippen LogP contribution in [0.2, 0.25) is 0 Å². The van der Waals surface area contributed by atoms with Crippen LogP contribution in [0.4, 0.5) is 11.4 Å². The summed E-state index contributed by atoms with van der Waals surface area (Å²) in [6, 6.07) is 9.38. The number of non-ortho nitro benzene ring substituents is 1. The monoisotopic (exact) mass is 379 g/mol. The minimum atomic E-state index is -3.94. The molecule has 0 aliphatic heterocycles. The van der Waals surface area contributed by atoms with Crippen molar-refractivity contribution in [2.24, 2.45) is 0 Å². The summed E-state index contributed by atoms with van der Waals surface area (Å²) >= 11 is 0. The van der Waals surface area contributed by atoms with Crippen molar-refractivity contribution in [1.82, 2.24) is 5.32 Å². The fraction of sp³-hybridized carbons (Fsp3) is 0.188. The smallest absolute Gasteiger partial charge is 0.271 e. The number of likely N-dealkylation sites (N-methyl/N-ethyl adjacent to an activating group) is 1. The van der Waals surface area contributed by atoms with Gasteiger partial charge in [0.1, 0.15) is 5.75 Å². The highest BCUT2D eigenvalue weighted by Gasteiger charge is 2.17. The number of nitrogens with zero attached hydrogens (tertiary/aromatic N) is 1. The van der Waals surface area contributed by atoms with Gasteiger partial charge in [0.2, 0.25) is 0 Å². The minimum absolute atomic E-state index is 0.0456. The Labute approximate surface area is 150 Å². The lowest BCUT2D eigenvalue weighted by atomic mass is 10.2. The number of hydrogen-bond acceptors (Lipinski definition) is 6. The molecule has 0 spiro atoms. The van der Waals surface area contributed by atoms with Gasteiger partial charge in [-0.2, -0.15) is 0 Å². The zero-order valence-corrected chi connectivity index (χ0v) is 14.9. The Bertz CT molecular complexity index is 926. The fourth-order valence-corrected chi connectivity index (χ4v) is 3.09. The lowest BCUT2D eigenvalue weighted by molar-refractivity contribution is -0.384. The first kappa shape index (κ1) is 19.2. The summed E-state index contributed by atoms with van der Waals surface area (Å²) in [5.74, 6) is 0.0172. The number of aryl methyl sites for hydroxylation is 1. The Morgan fingerprint density at radius 3 is 2.42 bits per heavy atom. The predicted molar refractivity (Wildman–Crippen MR) is 94.6 cm³/mol. The van der Waals surface area contributed by atoms with Gasteiger partial charge in [-0.1, -0.05) is 6.07 Å². The Kier molecular flexibility index (Phi) is 5.78. The van der Waals surface area contributed by atoms with Crippen LogP contribution in [0.3, 0.4) is 0 Å². The number of carbonyl (C=O) groups excluding carboxylic acids is 1. The van der Waals surface area contributed by atoms with Gasteiger partial charge in [0.05, 0.1) is 15.5 Å². The van der Waals surface area contributed by atoms with Gasteiger partial charge in [-0.15, -0.1) is 0 Å². The molecule has 0 fully saturated rings. The molecule has 0 atom stereocenters. The highest BCUT2D eigenvalue weighted by molar-refractivity contribution is 7.92. The molecule has 0 bridgehead atoms. The number of anilines is 1. The van der Waals surface area contributed by atoms with Crippen LogP contribution in [0.25, 0.3) is 0 Å². The zero-order valence-electron chi connectivity index (χ0n) is 14.1. The first-order valence-corrected chi connectivity index (χ1v) is 8.92. The van der Waals surface area contributed by atoms with Crippen LogP contribution in [-0.4, -0.2) is 32.9 Å². The first-order valence-electron chi connectivity index (χ1n) is 7.44. The summed E-state index contributed by atoms with van der Waals surface area (Å²) < 4.78 is 32.5. The maximum atomic E-state index is 12.5. The fourth-order valence-electron chi connectivity index (χ4n) is 1.97. The predicted octanol–water partition coefficient (Wildman–Crippen LogP) is 1.83. The van der Waals surface area contributed by atoms with Crippen LogP contribution >= 0.6 is 0 Å². The van der Waals surface area contributed by atoms with Crippen LogP contribution in [0.5, 0.6) is 5.75 Å². The maximum absolute atomic E-state index is 12.5. The van der Waals surface area contributed by atoms with Crippen molar-refractivity contribution < 1.29 is 22.9 Å². The lowest BCUT2D eigenvalue weighted by Crippen LogP contribution is -2.24. The van der Waals surface area contributed by atoms with Crippen LogP contribution in [0.15, 0.2) is 47.4 Å². The third-order valence-corrected chi connectivity index (χ3v) is 4.84. The molecule has 0 aliphatic carbocycles. The van der Waals surface area contributed by atoms with Crippen molar-refractivity contribution in [3.05, 3.63) is 58.1 Å². The van der Waals surface area contributed by atoms with Crippen LogP contribution < -0.4 is 14.8 Å². The van der Waals surface area contributed by atoms with E-state index >= 15 is 0 Å². The second-order valence-corrected chi connectivity index (χ2v) is 6.98. The van der Waals surface area contributed by atoms with Gasteiger partial charge in [0, 0.05) is 19.2 Å². The van der Waals surface area contributed by atoms with E-state index < -0.39 is 14.9 Å². The Balaban J connectivity index is 2.19. The van der Waals surface area contributed by atoms with Gasteiger partial charge in [-0.3, -0.25) is 19.6 Å². The third-order valence-electron chi connectivity index (χ3n) is 3.46.